The van der Waals surface area contributed by atoms with Gasteiger partial charge in [0, 0.05) is 13.5 Å². The van der Waals surface area contributed by atoms with Crippen LogP contribution < -0.4 is 9.88 Å². The van der Waals surface area contributed by atoms with Gasteiger partial charge in [0.05, 0.1) is 22.1 Å². The molecule has 0 aliphatic carbocycles. The summed E-state index contributed by atoms with van der Waals surface area (Å²) in [5, 5.41) is 5.22. The SMILES string of the molecule is COC(C)(C)CCOc1ccc(S(N)(=O)=O)cc1Cl. The number of benzene rings is 1. The van der Waals surface area contributed by atoms with Gasteiger partial charge in [0.1, 0.15) is 5.75 Å². The Morgan fingerprint density at radius 3 is 2.47 bits per heavy atom. The third kappa shape index (κ3) is 4.99. The molecule has 1 aromatic carbocycles. The summed E-state index contributed by atoms with van der Waals surface area (Å²) in [7, 11) is -2.12. The summed E-state index contributed by atoms with van der Waals surface area (Å²) in [5.41, 5.74) is -0.285. The van der Waals surface area contributed by atoms with Gasteiger partial charge in [-0.05, 0) is 32.0 Å². The van der Waals surface area contributed by atoms with E-state index < -0.39 is 10.0 Å². The summed E-state index contributed by atoms with van der Waals surface area (Å²) in [4.78, 5) is -0.0397. The van der Waals surface area contributed by atoms with E-state index in [1.807, 2.05) is 13.8 Å². The second kappa shape index (κ2) is 6.09. The Morgan fingerprint density at radius 2 is 2.00 bits per heavy atom. The van der Waals surface area contributed by atoms with Crippen LogP contribution in [0.1, 0.15) is 20.3 Å². The Labute approximate surface area is 118 Å². The summed E-state index contributed by atoms with van der Waals surface area (Å²) >= 11 is 5.94. The van der Waals surface area contributed by atoms with Gasteiger partial charge in [0.15, 0.2) is 0 Å². The maximum absolute atomic E-state index is 11.1. The van der Waals surface area contributed by atoms with E-state index in [0.717, 1.165) is 0 Å². The second-order valence-electron chi connectivity index (χ2n) is 4.70. The number of rotatable bonds is 6. The number of hydrogen-bond donors (Lipinski definition) is 1. The van der Waals surface area contributed by atoms with Gasteiger partial charge in [-0.15, -0.1) is 0 Å². The fourth-order valence-corrected chi connectivity index (χ4v) is 2.12. The number of ether oxygens (including phenoxy) is 2. The lowest BCUT2D eigenvalue weighted by Gasteiger charge is -2.22. The van der Waals surface area contributed by atoms with Crippen LogP contribution in [0.5, 0.6) is 5.75 Å². The van der Waals surface area contributed by atoms with E-state index in [4.69, 9.17) is 26.2 Å². The van der Waals surface area contributed by atoms with Gasteiger partial charge in [-0.2, -0.15) is 0 Å². The third-order valence-electron chi connectivity index (χ3n) is 2.75. The molecule has 0 saturated heterocycles. The van der Waals surface area contributed by atoms with Crippen LogP contribution in [-0.2, 0) is 14.8 Å². The highest BCUT2D eigenvalue weighted by Crippen LogP contribution is 2.27. The Balaban J connectivity index is 2.72. The van der Waals surface area contributed by atoms with Crippen molar-refractivity contribution in [3.63, 3.8) is 0 Å². The average molecular weight is 308 g/mol. The molecule has 0 atom stereocenters. The van der Waals surface area contributed by atoms with E-state index in [9.17, 15) is 8.42 Å². The van der Waals surface area contributed by atoms with Crippen molar-refractivity contribution in [1.29, 1.82) is 0 Å². The minimum Gasteiger partial charge on any atom is -0.492 e. The van der Waals surface area contributed by atoms with Crippen molar-refractivity contribution in [3.8, 4) is 5.75 Å². The van der Waals surface area contributed by atoms with Crippen molar-refractivity contribution < 1.29 is 17.9 Å². The largest absolute Gasteiger partial charge is 0.492 e. The Bertz CT molecular complexity index is 543. The van der Waals surface area contributed by atoms with Gasteiger partial charge >= 0.3 is 0 Å². The number of primary sulfonamides is 1. The predicted molar refractivity (Wildman–Crippen MR) is 74.0 cm³/mol. The standard InChI is InChI=1S/C12H18ClNO4S/c1-12(2,17-3)6-7-18-11-5-4-9(8-10(11)13)19(14,15)16/h4-5,8H,6-7H2,1-3H3,(H2,14,15,16). The van der Waals surface area contributed by atoms with E-state index in [1.54, 1.807) is 7.11 Å². The Morgan fingerprint density at radius 1 is 1.37 bits per heavy atom. The van der Waals surface area contributed by atoms with E-state index >= 15 is 0 Å². The first kappa shape index (κ1) is 16.2. The fraction of sp³-hybridized carbons (Fsp3) is 0.500. The minimum absolute atomic E-state index is 0.0397. The summed E-state index contributed by atoms with van der Waals surface area (Å²) in [6.07, 6.45) is 0.677. The van der Waals surface area contributed by atoms with Crippen LogP contribution in [0.2, 0.25) is 5.02 Å². The lowest BCUT2D eigenvalue weighted by atomic mass is 10.1. The van der Waals surface area contributed by atoms with Gasteiger partial charge in [0.2, 0.25) is 10.0 Å². The molecule has 5 nitrogen and oxygen atoms in total. The topological polar surface area (TPSA) is 78.6 Å². The zero-order chi connectivity index (χ0) is 14.7. The molecular weight excluding hydrogens is 290 g/mol. The van der Waals surface area contributed by atoms with E-state index in [1.165, 1.54) is 18.2 Å². The first-order valence-electron chi connectivity index (χ1n) is 5.66. The lowest BCUT2D eigenvalue weighted by Crippen LogP contribution is -2.25. The highest BCUT2D eigenvalue weighted by molar-refractivity contribution is 7.89. The molecule has 0 aromatic heterocycles. The second-order valence-corrected chi connectivity index (χ2v) is 6.67. The molecule has 0 spiro atoms. The Hall–Kier alpha value is -0.820. The van der Waals surface area contributed by atoms with Crippen molar-refractivity contribution in [3.05, 3.63) is 23.2 Å². The maximum atomic E-state index is 11.1. The minimum atomic E-state index is -3.75. The third-order valence-corrected chi connectivity index (χ3v) is 3.95. The Kier molecular flexibility index (Phi) is 5.20. The summed E-state index contributed by atoms with van der Waals surface area (Å²) in [5.74, 6) is 0.418. The molecule has 0 bridgehead atoms. The van der Waals surface area contributed by atoms with Gasteiger partial charge in [-0.25, -0.2) is 13.6 Å². The first-order chi connectivity index (χ1) is 8.65. The molecule has 108 valence electrons. The zero-order valence-corrected chi connectivity index (χ0v) is 12.7. The molecule has 2 N–H and O–H groups in total. The number of methoxy groups -OCH3 is 1. The van der Waals surface area contributed by atoms with Crippen molar-refractivity contribution in [2.45, 2.75) is 30.8 Å². The molecule has 0 radical (unpaired) electrons. The van der Waals surface area contributed by atoms with Crippen molar-refractivity contribution in [2.24, 2.45) is 5.14 Å². The van der Waals surface area contributed by atoms with Crippen molar-refractivity contribution in [1.82, 2.24) is 0 Å². The van der Waals surface area contributed by atoms with Crippen LogP contribution in [0.4, 0.5) is 0 Å². The maximum Gasteiger partial charge on any atom is 0.238 e. The monoisotopic (exact) mass is 307 g/mol. The quantitative estimate of drug-likeness (QED) is 0.873. The molecule has 0 fully saturated rings. The summed E-state index contributed by atoms with van der Waals surface area (Å²) < 4.78 is 33.0. The molecule has 0 aliphatic rings. The summed E-state index contributed by atoms with van der Waals surface area (Å²) in [6, 6.07) is 4.12. The average Bonchev–Trinajstić information content (AvgIpc) is 2.30. The van der Waals surface area contributed by atoms with E-state index in [2.05, 4.69) is 0 Å². The molecule has 0 aliphatic heterocycles. The van der Waals surface area contributed by atoms with Crippen LogP contribution in [0, 0.1) is 0 Å². The molecule has 19 heavy (non-hydrogen) atoms. The molecular formula is C12H18ClNO4S. The molecule has 0 heterocycles. The van der Waals surface area contributed by atoms with Crippen molar-refractivity contribution >= 4 is 21.6 Å². The molecule has 1 aromatic rings. The fourth-order valence-electron chi connectivity index (χ4n) is 1.28. The molecule has 1 rings (SSSR count). The number of nitrogens with two attached hydrogens (primary N) is 1. The normalized spacial score (nSPS) is 12.5. The number of sulfonamides is 1. The molecule has 0 amide bonds. The smallest absolute Gasteiger partial charge is 0.238 e. The number of halogens is 1. The van der Waals surface area contributed by atoms with Gasteiger partial charge in [-0.1, -0.05) is 11.6 Å². The predicted octanol–water partition coefficient (Wildman–Crippen LogP) is 2.18. The summed E-state index contributed by atoms with van der Waals surface area (Å²) in [6.45, 7) is 4.30. The van der Waals surface area contributed by atoms with Gasteiger partial charge in [-0.3, -0.25) is 0 Å². The highest BCUT2D eigenvalue weighted by atomic mass is 35.5. The van der Waals surface area contributed by atoms with Crippen LogP contribution in [0.3, 0.4) is 0 Å². The van der Waals surface area contributed by atoms with Crippen LogP contribution >= 0.6 is 11.6 Å². The molecule has 7 heteroatoms. The van der Waals surface area contributed by atoms with Crippen LogP contribution in [0.15, 0.2) is 23.1 Å². The van der Waals surface area contributed by atoms with Gasteiger partial charge < -0.3 is 9.47 Å². The first-order valence-corrected chi connectivity index (χ1v) is 7.58. The molecule has 0 saturated carbocycles. The lowest BCUT2D eigenvalue weighted by molar-refractivity contribution is 0.00546. The van der Waals surface area contributed by atoms with E-state index in [0.29, 0.717) is 18.8 Å². The van der Waals surface area contributed by atoms with Crippen LogP contribution in [-0.4, -0.2) is 27.7 Å². The van der Waals surface area contributed by atoms with Gasteiger partial charge in [0.25, 0.3) is 0 Å². The molecule has 0 unspecified atom stereocenters. The highest BCUT2D eigenvalue weighted by Gasteiger charge is 2.17. The number of hydrogen-bond acceptors (Lipinski definition) is 4. The zero-order valence-electron chi connectivity index (χ0n) is 11.1. The van der Waals surface area contributed by atoms with Crippen molar-refractivity contribution in [2.75, 3.05) is 13.7 Å². The van der Waals surface area contributed by atoms with Crippen LogP contribution in [0.25, 0.3) is 0 Å². The van der Waals surface area contributed by atoms with E-state index in [-0.39, 0.29) is 15.5 Å².